The van der Waals surface area contributed by atoms with Gasteiger partial charge < -0.3 is 9.74 Å². The van der Waals surface area contributed by atoms with Gasteiger partial charge in [-0.15, -0.1) is 0 Å². The molecule has 4 rings (SSSR count). The van der Waals surface area contributed by atoms with Crippen molar-refractivity contribution in [2.45, 2.75) is 76.3 Å². The highest BCUT2D eigenvalue weighted by molar-refractivity contribution is 6.00. The van der Waals surface area contributed by atoms with E-state index in [9.17, 15) is 14.9 Å². The summed E-state index contributed by atoms with van der Waals surface area (Å²) in [6, 6.07) is 15.9. The average molecular weight is 450 g/mol. The van der Waals surface area contributed by atoms with Gasteiger partial charge in [-0.25, -0.2) is 4.79 Å². The number of nitro groups is 1. The number of nitro benzene ring substituents is 1. The molecule has 0 N–H and O–H groups in total. The molecule has 0 atom stereocenters. The largest absolute Gasteiger partial charge is 0.365 e. The molecular formula is C26H31N3O4. The molecule has 2 saturated carbocycles. The van der Waals surface area contributed by atoms with Crippen molar-refractivity contribution in [1.29, 1.82) is 0 Å². The minimum atomic E-state index is -0.512. The number of carbonyl (C=O) groups is 1. The minimum absolute atomic E-state index is 0.0289. The van der Waals surface area contributed by atoms with Crippen LogP contribution >= 0.6 is 0 Å². The molecule has 2 aliphatic carbocycles. The van der Waals surface area contributed by atoms with Gasteiger partial charge in [0.05, 0.1) is 10.5 Å². The highest BCUT2D eigenvalue weighted by Crippen LogP contribution is 2.32. The van der Waals surface area contributed by atoms with Crippen LogP contribution in [-0.4, -0.2) is 33.7 Å². The standard InChI is InChI=1S/C26H31N3O4/c30-26(21-10-4-1-5-11-21)33-27-25(20-16-18-24(19-17-20)29(31)32)28(22-12-6-2-7-13-22)23-14-8-3-9-15-23/h1,4-5,10-11,16-19,22-23H,2-3,6-9,12-15H2/b27-25-. The van der Waals surface area contributed by atoms with Gasteiger partial charge in [-0.05, 0) is 49.9 Å². The second kappa shape index (κ2) is 11.1. The summed E-state index contributed by atoms with van der Waals surface area (Å²) < 4.78 is 0. The quantitative estimate of drug-likeness (QED) is 0.175. The summed E-state index contributed by atoms with van der Waals surface area (Å²) >= 11 is 0. The molecule has 0 unspecified atom stereocenters. The van der Waals surface area contributed by atoms with Gasteiger partial charge in [-0.3, -0.25) is 10.1 Å². The number of rotatable bonds is 6. The fraction of sp³-hybridized carbons (Fsp3) is 0.462. The van der Waals surface area contributed by atoms with E-state index < -0.39 is 10.9 Å². The van der Waals surface area contributed by atoms with Gasteiger partial charge in [0.25, 0.3) is 5.69 Å². The van der Waals surface area contributed by atoms with Crippen molar-refractivity contribution in [3.8, 4) is 0 Å². The van der Waals surface area contributed by atoms with E-state index in [1.807, 2.05) is 6.07 Å². The highest BCUT2D eigenvalue weighted by atomic mass is 16.7. The van der Waals surface area contributed by atoms with Crippen molar-refractivity contribution in [2.75, 3.05) is 0 Å². The number of non-ortho nitro benzene ring substituents is 1. The van der Waals surface area contributed by atoms with Crippen molar-refractivity contribution in [3.05, 3.63) is 75.8 Å². The van der Waals surface area contributed by atoms with Crippen LogP contribution in [0.4, 0.5) is 5.69 Å². The van der Waals surface area contributed by atoms with Gasteiger partial charge in [0.2, 0.25) is 0 Å². The summed E-state index contributed by atoms with van der Waals surface area (Å²) in [6.07, 6.45) is 11.5. The molecule has 0 radical (unpaired) electrons. The summed E-state index contributed by atoms with van der Waals surface area (Å²) in [5.41, 5.74) is 1.20. The number of carbonyl (C=O) groups excluding carboxylic acids is 1. The second-order valence-electron chi connectivity index (χ2n) is 8.95. The van der Waals surface area contributed by atoms with E-state index >= 15 is 0 Å². The first-order valence-electron chi connectivity index (χ1n) is 12.0. The first kappa shape index (κ1) is 23.0. The smallest absolute Gasteiger partial charge is 0.347 e. The Balaban J connectivity index is 1.70. The van der Waals surface area contributed by atoms with Crippen LogP contribution in [0.25, 0.3) is 0 Å². The monoisotopic (exact) mass is 449 g/mol. The minimum Gasteiger partial charge on any atom is -0.347 e. The molecule has 0 aliphatic heterocycles. The third kappa shape index (κ3) is 5.78. The Kier molecular flexibility index (Phi) is 7.70. The Morgan fingerprint density at radius 2 is 1.36 bits per heavy atom. The summed E-state index contributed by atoms with van der Waals surface area (Å²) in [6.45, 7) is 0. The van der Waals surface area contributed by atoms with Crippen LogP contribution in [0, 0.1) is 10.1 Å². The molecule has 2 aliphatic rings. The predicted octanol–water partition coefficient (Wildman–Crippen LogP) is 6.08. The molecule has 2 aromatic rings. The maximum atomic E-state index is 12.7. The van der Waals surface area contributed by atoms with Crippen LogP contribution in [0.15, 0.2) is 59.8 Å². The van der Waals surface area contributed by atoms with E-state index in [1.54, 1.807) is 36.4 Å². The van der Waals surface area contributed by atoms with E-state index in [0.717, 1.165) is 31.2 Å². The van der Waals surface area contributed by atoms with Crippen LogP contribution in [0.2, 0.25) is 0 Å². The van der Waals surface area contributed by atoms with Crippen molar-refractivity contribution in [2.24, 2.45) is 5.16 Å². The maximum absolute atomic E-state index is 12.7. The van der Waals surface area contributed by atoms with Gasteiger partial charge in [0, 0.05) is 29.8 Å². The Hall–Kier alpha value is -3.22. The molecule has 174 valence electrons. The maximum Gasteiger partial charge on any atom is 0.365 e. The van der Waals surface area contributed by atoms with Crippen molar-refractivity contribution < 1.29 is 14.6 Å². The first-order chi connectivity index (χ1) is 16.1. The highest BCUT2D eigenvalue weighted by Gasteiger charge is 2.33. The first-order valence-corrected chi connectivity index (χ1v) is 12.0. The molecular weight excluding hydrogens is 418 g/mol. The van der Waals surface area contributed by atoms with Crippen molar-refractivity contribution in [1.82, 2.24) is 4.90 Å². The Bertz CT molecular complexity index is 945. The topological polar surface area (TPSA) is 85.0 Å². The Labute approximate surface area is 194 Å². The van der Waals surface area contributed by atoms with E-state index in [0.29, 0.717) is 23.5 Å². The third-order valence-corrected chi connectivity index (χ3v) is 6.74. The zero-order chi connectivity index (χ0) is 23.0. The van der Waals surface area contributed by atoms with E-state index in [-0.39, 0.29) is 5.69 Å². The predicted molar refractivity (Wildman–Crippen MR) is 127 cm³/mol. The molecule has 0 heterocycles. The Morgan fingerprint density at radius 3 is 1.88 bits per heavy atom. The fourth-order valence-corrected chi connectivity index (χ4v) is 5.06. The van der Waals surface area contributed by atoms with Crippen molar-refractivity contribution >= 4 is 17.5 Å². The van der Waals surface area contributed by atoms with Crippen LogP contribution in [0.1, 0.15) is 80.1 Å². The summed E-state index contributed by atoms with van der Waals surface area (Å²) in [5, 5.41) is 15.6. The van der Waals surface area contributed by atoms with E-state index in [4.69, 9.17) is 4.84 Å². The lowest BCUT2D eigenvalue weighted by molar-refractivity contribution is -0.384. The number of oxime groups is 1. The number of benzene rings is 2. The fourth-order valence-electron chi connectivity index (χ4n) is 5.06. The molecule has 2 aromatic carbocycles. The van der Waals surface area contributed by atoms with E-state index in [2.05, 4.69) is 10.1 Å². The molecule has 0 amide bonds. The number of hydrogen-bond acceptors (Lipinski definition) is 5. The molecule has 7 heteroatoms. The van der Waals surface area contributed by atoms with E-state index in [1.165, 1.54) is 50.7 Å². The van der Waals surface area contributed by atoms with Gasteiger partial charge in [-0.2, -0.15) is 0 Å². The zero-order valence-corrected chi connectivity index (χ0v) is 18.9. The third-order valence-electron chi connectivity index (χ3n) is 6.74. The van der Waals surface area contributed by atoms with Crippen LogP contribution in [-0.2, 0) is 4.84 Å². The lowest BCUT2D eigenvalue weighted by atomic mass is 9.88. The lowest BCUT2D eigenvalue weighted by Gasteiger charge is -2.43. The molecule has 7 nitrogen and oxygen atoms in total. The van der Waals surface area contributed by atoms with Crippen LogP contribution < -0.4 is 0 Å². The van der Waals surface area contributed by atoms with Gasteiger partial charge in [0.1, 0.15) is 0 Å². The average Bonchev–Trinajstić information content (AvgIpc) is 2.88. The summed E-state index contributed by atoms with van der Waals surface area (Å²) in [7, 11) is 0. The van der Waals surface area contributed by atoms with Crippen molar-refractivity contribution in [3.63, 3.8) is 0 Å². The summed E-state index contributed by atoms with van der Waals surface area (Å²) in [4.78, 5) is 31.3. The number of hydrogen-bond donors (Lipinski definition) is 0. The zero-order valence-electron chi connectivity index (χ0n) is 18.9. The van der Waals surface area contributed by atoms with Crippen LogP contribution in [0.3, 0.4) is 0 Å². The second-order valence-corrected chi connectivity index (χ2v) is 8.95. The molecule has 0 bridgehead atoms. The SMILES string of the molecule is O=C(O/N=C(/c1ccc([N+](=O)[O-])cc1)N(C1CCCCC1)C1CCCCC1)c1ccccc1. The number of nitrogens with zero attached hydrogens (tertiary/aromatic N) is 3. The van der Waals surface area contributed by atoms with Gasteiger partial charge >= 0.3 is 5.97 Å². The van der Waals surface area contributed by atoms with Crippen LogP contribution in [0.5, 0.6) is 0 Å². The lowest BCUT2D eigenvalue weighted by Crippen LogP contribution is -2.49. The number of amidine groups is 1. The Morgan fingerprint density at radius 1 is 0.818 bits per heavy atom. The molecule has 0 saturated heterocycles. The van der Waals surface area contributed by atoms with Gasteiger partial charge in [-0.1, -0.05) is 61.9 Å². The molecule has 0 spiro atoms. The summed E-state index contributed by atoms with van der Waals surface area (Å²) in [5.74, 6) is 0.0928. The molecule has 33 heavy (non-hydrogen) atoms. The molecule has 0 aromatic heterocycles. The normalized spacial score (nSPS) is 18.0. The van der Waals surface area contributed by atoms with Gasteiger partial charge in [0.15, 0.2) is 5.84 Å². The molecule has 2 fully saturated rings.